The molecule has 0 aliphatic carbocycles. The van der Waals surface area contributed by atoms with Crippen molar-refractivity contribution >= 4 is 18.3 Å². The van der Waals surface area contributed by atoms with E-state index in [9.17, 15) is 4.79 Å². The van der Waals surface area contributed by atoms with Crippen LogP contribution in [-0.4, -0.2) is 42.1 Å². The van der Waals surface area contributed by atoms with Gasteiger partial charge >= 0.3 is 0 Å². The molecule has 1 aliphatic rings. The molecule has 1 aliphatic heterocycles. The Morgan fingerprint density at radius 3 is 2.88 bits per heavy atom. The first-order valence-corrected chi connectivity index (χ1v) is 8.23. The summed E-state index contributed by atoms with van der Waals surface area (Å²) in [6, 6.07) is 12.0. The maximum Gasteiger partial charge on any atom is 0.239 e. The lowest BCUT2D eigenvalue weighted by Crippen LogP contribution is -2.42. The van der Waals surface area contributed by atoms with Gasteiger partial charge in [-0.05, 0) is 25.8 Å². The average Bonchev–Trinajstić information content (AvgIpc) is 3.27. The van der Waals surface area contributed by atoms with Gasteiger partial charge in [0.15, 0.2) is 0 Å². The number of halogens is 1. The molecule has 1 atom stereocenters. The van der Waals surface area contributed by atoms with Gasteiger partial charge in [-0.2, -0.15) is 0 Å². The van der Waals surface area contributed by atoms with E-state index in [2.05, 4.69) is 10.5 Å². The molecule has 1 aromatic heterocycles. The third-order valence-corrected chi connectivity index (χ3v) is 4.28. The van der Waals surface area contributed by atoms with Crippen LogP contribution >= 0.6 is 12.4 Å². The predicted octanol–water partition coefficient (Wildman–Crippen LogP) is 2.91. The number of hydrogen-bond donors (Lipinski definition) is 1. The molecule has 0 bridgehead atoms. The lowest BCUT2D eigenvalue weighted by Gasteiger charge is -2.20. The zero-order valence-corrected chi connectivity index (χ0v) is 14.7. The van der Waals surface area contributed by atoms with Crippen molar-refractivity contribution < 1.29 is 9.32 Å². The summed E-state index contributed by atoms with van der Waals surface area (Å²) in [7, 11) is 1.87. The monoisotopic (exact) mass is 349 g/mol. The lowest BCUT2D eigenvalue weighted by molar-refractivity contribution is -0.131. The molecule has 3 rings (SSSR count). The van der Waals surface area contributed by atoms with Crippen molar-refractivity contribution in [1.82, 2.24) is 15.4 Å². The van der Waals surface area contributed by atoms with Gasteiger partial charge in [0.05, 0.1) is 6.04 Å². The van der Waals surface area contributed by atoms with Crippen LogP contribution in [0, 0.1) is 0 Å². The second-order valence-corrected chi connectivity index (χ2v) is 6.06. The van der Waals surface area contributed by atoms with E-state index in [4.69, 9.17) is 4.52 Å². The van der Waals surface area contributed by atoms with E-state index < -0.39 is 0 Å². The largest absolute Gasteiger partial charge is 0.361 e. The Kier molecular flexibility index (Phi) is 6.82. The molecule has 5 nitrogen and oxygen atoms in total. The first kappa shape index (κ1) is 18.5. The number of aromatic nitrogens is 1. The van der Waals surface area contributed by atoms with E-state index in [-0.39, 0.29) is 24.4 Å². The molecule has 2 aromatic rings. The van der Waals surface area contributed by atoms with Crippen molar-refractivity contribution in [2.24, 2.45) is 0 Å². The minimum absolute atomic E-state index is 0. The van der Waals surface area contributed by atoms with Gasteiger partial charge in [0.25, 0.3) is 0 Å². The number of carbonyl (C=O) groups is 1. The molecule has 1 amide bonds. The molecule has 0 radical (unpaired) electrons. The van der Waals surface area contributed by atoms with Crippen LogP contribution in [0.4, 0.5) is 0 Å². The van der Waals surface area contributed by atoms with Crippen LogP contribution in [0.1, 0.15) is 25.0 Å². The molecule has 1 N–H and O–H groups in total. The van der Waals surface area contributed by atoms with Crippen LogP contribution in [0.5, 0.6) is 0 Å². The second-order valence-electron chi connectivity index (χ2n) is 6.06. The average molecular weight is 350 g/mol. The van der Waals surface area contributed by atoms with Crippen molar-refractivity contribution in [2.75, 3.05) is 20.1 Å². The number of likely N-dealkylation sites (N-methyl/N-ethyl adjacent to an activating group) is 1. The van der Waals surface area contributed by atoms with E-state index >= 15 is 0 Å². The van der Waals surface area contributed by atoms with Gasteiger partial charge in [-0.1, -0.05) is 35.5 Å². The highest BCUT2D eigenvalue weighted by molar-refractivity contribution is 5.85. The van der Waals surface area contributed by atoms with Gasteiger partial charge in [0.1, 0.15) is 11.5 Å². The van der Waals surface area contributed by atoms with Crippen LogP contribution < -0.4 is 5.32 Å². The molecule has 1 saturated heterocycles. The summed E-state index contributed by atoms with van der Waals surface area (Å²) < 4.78 is 5.40. The normalized spacial score (nSPS) is 16.6. The van der Waals surface area contributed by atoms with Crippen LogP contribution in [0.2, 0.25) is 0 Å². The quantitative estimate of drug-likeness (QED) is 0.871. The molecule has 24 heavy (non-hydrogen) atoms. The summed E-state index contributed by atoms with van der Waals surface area (Å²) in [5, 5.41) is 7.36. The molecule has 6 heteroatoms. The SMILES string of the molecule is CN(CCCc1cc(-c2ccccc2)no1)C(=O)C1CCCN1.Cl. The van der Waals surface area contributed by atoms with E-state index in [1.807, 2.05) is 48.3 Å². The van der Waals surface area contributed by atoms with E-state index in [1.165, 1.54) is 0 Å². The van der Waals surface area contributed by atoms with Crippen LogP contribution in [0.3, 0.4) is 0 Å². The van der Waals surface area contributed by atoms with Gasteiger partial charge < -0.3 is 14.7 Å². The first-order chi connectivity index (χ1) is 11.2. The van der Waals surface area contributed by atoms with Gasteiger partial charge in [-0.25, -0.2) is 0 Å². The van der Waals surface area contributed by atoms with Crippen molar-refractivity contribution in [2.45, 2.75) is 31.7 Å². The Hall–Kier alpha value is -1.85. The smallest absolute Gasteiger partial charge is 0.239 e. The zero-order valence-electron chi connectivity index (χ0n) is 13.9. The van der Waals surface area contributed by atoms with Crippen molar-refractivity contribution in [1.29, 1.82) is 0 Å². The Balaban J connectivity index is 0.00000208. The molecule has 0 saturated carbocycles. The summed E-state index contributed by atoms with van der Waals surface area (Å²) in [5.41, 5.74) is 1.92. The number of carbonyl (C=O) groups excluding carboxylic acids is 1. The standard InChI is InChI=1S/C18H23N3O2.ClH/c1-21(18(22)16-10-5-11-19-16)12-6-9-15-13-17(20-23-15)14-7-3-2-4-8-14;/h2-4,7-8,13,16,19H,5-6,9-12H2,1H3;1H. The van der Waals surface area contributed by atoms with E-state index in [1.54, 1.807) is 0 Å². The van der Waals surface area contributed by atoms with Crippen molar-refractivity contribution in [3.05, 3.63) is 42.2 Å². The zero-order chi connectivity index (χ0) is 16.1. The fourth-order valence-electron chi connectivity index (χ4n) is 2.94. The number of amides is 1. The number of aryl methyl sites for hydroxylation is 1. The molecule has 130 valence electrons. The van der Waals surface area contributed by atoms with Crippen LogP contribution in [0.25, 0.3) is 11.3 Å². The van der Waals surface area contributed by atoms with E-state index in [0.29, 0.717) is 0 Å². The molecule has 1 unspecified atom stereocenters. The number of rotatable bonds is 6. The number of benzene rings is 1. The molecule has 1 aromatic carbocycles. The third-order valence-electron chi connectivity index (χ3n) is 4.28. The van der Waals surface area contributed by atoms with Crippen LogP contribution in [0.15, 0.2) is 40.9 Å². The summed E-state index contributed by atoms with van der Waals surface area (Å²) >= 11 is 0. The fourth-order valence-corrected chi connectivity index (χ4v) is 2.94. The molecule has 2 heterocycles. The molecule has 1 fully saturated rings. The summed E-state index contributed by atoms with van der Waals surface area (Å²) in [6.07, 6.45) is 3.70. The Morgan fingerprint density at radius 2 is 2.17 bits per heavy atom. The maximum atomic E-state index is 12.2. The summed E-state index contributed by atoms with van der Waals surface area (Å²) in [6.45, 7) is 1.68. The van der Waals surface area contributed by atoms with Gasteiger partial charge in [0, 0.05) is 31.6 Å². The number of hydrogen-bond acceptors (Lipinski definition) is 4. The number of nitrogens with zero attached hydrogens (tertiary/aromatic N) is 2. The second kappa shape index (κ2) is 8.85. The molecular weight excluding hydrogens is 326 g/mol. The predicted molar refractivity (Wildman–Crippen MR) is 96.2 cm³/mol. The van der Waals surface area contributed by atoms with E-state index in [0.717, 1.165) is 55.8 Å². The van der Waals surface area contributed by atoms with Crippen LogP contribution in [-0.2, 0) is 11.2 Å². The first-order valence-electron chi connectivity index (χ1n) is 8.23. The Labute approximate surface area is 148 Å². The highest BCUT2D eigenvalue weighted by atomic mass is 35.5. The Morgan fingerprint density at radius 1 is 1.38 bits per heavy atom. The topological polar surface area (TPSA) is 58.4 Å². The van der Waals surface area contributed by atoms with Crippen molar-refractivity contribution in [3.8, 4) is 11.3 Å². The Bertz CT molecular complexity index is 639. The molecule has 0 spiro atoms. The van der Waals surface area contributed by atoms with Crippen molar-refractivity contribution in [3.63, 3.8) is 0 Å². The van der Waals surface area contributed by atoms with Gasteiger partial charge in [-0.15, -0.1) is 12.4 Å². The fraction of sp³-hybridized carbons (Fsp3) is 0.444. The van der Waals surface area contributed by atoms with Gasteiger partial charge in [-0.3, -0.25) is 4.79 Å². The number of nitrogens with one attached hydrogen (secondary N) is 1. The highest BCUT2D eigenvalue weighted by Crippen LogP contribution is 2.19. The minimum atomic E-state index is 0. The lowest BCUT2D eigenvalue weighted by atomic mass is 10.1. The summed E-state index contributed by atoms with van der Waals surface area (Å²) in [5.74, 6) is 1.06. The van der Waals surface area contributed by atoms with Gasteiger partial charge in [0.2, 0.25) is 5.91 Å². The summed E-state index contributed by atoms with van der Waals surface area (Å²) in [4.78, 5) is 14.0. The maximum absolute atomic E-state index is 12.2. The highest BCUT2D eigenvalue weighted by Gasteiger charge is 2.24. The third kappa shape index (κ3) is 4.58. The molecular formula is C18H24ClN3O2. The minimum Gasteiger partial charge on any atom is -0.361 e.